The topological polar surface area (TPSA) is 28.2 Å². The van der Waals surface area contributed by atoms with E-state index in [1.165, 1.54) is 36.9 Å². The molecule has 0 spiro atoms. The molecule has 0 atom stereocenters. The summed E-state index contributed by atoms with van der Waals surface area (Å²) in [4.78, 5) is 7.05. The predicted octanol–water partition coefficient (Wildman–Crippen LogP) is 3.90. The van der Waals surface area contributed by atoms with E-state index in [2.05, 4.69) is 55.2 Å². The van der Waals surface area contributed by atoms with E-state index < -0.39 is 0 Å². The number of nitrogens with one attached hydrogen (secondary N) is 1. The highest BCUT2D eigenvalue weighted by atomic mass is 15.1. The number of pyridine rings is 1. The van der Waals surface area contributed by atoms with Crippen molar-refractivity contribution in [3.05, 3.63) is 23.5 Å². The van der Waals surface area contributed by atoms with Gasteiger partial charge in [-0.15, -0.1) is 0 Å². The van der Waals surface area contributed by atoms with Crippen LogP contribution in [0.5, 0.6) is 0 Å². The zero-order valence-electron chi connectivity index (χ0n) is 14.2. The van der Waals surface area contributed by atoms with Crippen LogP contribution in [0.1, 0.15) is 57.7 Å². The first-order chi connectivity index (χ1) is 10.2. The molecule has 1 heterocycles. The Kier molecular flexibility index (Phi) is 6.04. The van der Waals surface area contributed by atoms with Crippen LogP contribution < -0.4 is 10.2 Å². The van der Waals surface area contributed by atoms with Crippen molar-refractivity contribution < 1.29 is 0 Å². The highest BCUT2D eigenvalue weighted by molar-refractivity contribution is 5.53. The average molecular weight is 289 g/mol. The number of rotatable bonds is 9. The molecule has 118 valence electrons. The summed E-state index contributed by atoms with van der Waals surface area (Å²) in [5, 5.41) is 3.63. The van der Waals surface area contributed by atoms with E-state index >= 15 is 0 Å². The molecule has 2 rings (SSSR count). The van der Waals surface area contributed by atoms with Crippen LogP contribution in [0.25, 0.3) is 0 Å². The molecule has 0 aromatic carbocycles. The van der Waals surface area contributed by atoms with Crippen molar-refractivity contribution in [1.82, 2.24) is 10.3 Å². The van der Waals surface area contributed by atoms with Gasteiger partial charge in [0.15, 0.2) is 0 Å². The zero-order valence-corrected chi connectivity index (χ0v) is 14.2. The van der Waals surface area contributed by atoms with Crippen molar-refractivity contribution >= 4 is 5.69 Å². The molecule has 1 saturated carbocycles. The summed E-state index contributed by atoms with van der Waals surface area (Å²) >= 11 is 0. The van der Waals surface area contributed by atoms with Gasteiger partial charge in [0.05, 0.1) is 0 Å². The lowest BCUT2D eigenvalue weighted by atomic mass is 10.0. The fourth-order valence-corrected chi connectivity index (χ4v) is 2.80. The Morgan fingerprint density at radius 1 is 1.29 bits per heavy atom. The van der Waals surface area contributed by atoms with Crippen LogP contribution >= 0.6 is 0 Å². The second kappa shape index (κ2) is 7.79. The lowest BCUT2D eigenvalue weighted by Gasteiger charge is -2.29. The molecular weight excluding hydrogens is 258 g/mol. The average Bonchev–Trinajstić information content (AvgIpc) is 3.32. The Morgan fingerprint density at radius 3 is 2.57 bits per heavy atom. The second-order valence-electron chi connectivity index (χ2n) is 6.33. The molecule has 3 nitrogen and oxygen atoms in total. The van der Waals surface area contributed by atoms with Gasteiger partial charge in [-0.3, -0.25) is 4.98 Å². The van der Waals surface area contributed by atoms with E-state index in [1.54, 1.807) is 0 Å². The van der Waals surface area contributed by atoms with Gasteiger partial charge in [0.2, 0.25) is 0 Å². The molecule has 1 aliphatic carbocycles. The van der Waals surface area contributed by atoms with Crippen molar-refractivity contribution in [3.63, 3.8) is 0 Å². The van der Waals surface area contributed by atoms with Crippen molar-refractivity contribution in [2.75, 3.05) is 18.0 Å². The van der Waals surface area contributed by atoms with Gasteiger partial charge in [-0.2, -0.15) is 0 Å². The largest absolute Gasteiger partial charge is 0.371 e. The van der Waals surface area contributed by atoms with Gasteiger partial charge in [-0.1, -0.05) is 26.7 Å². The van der Waals surface area contributed by atoms with E-state index in [9.17, 15) is 0 Å². The Balaban J connectivity index is 2.14. The Hall–Kier alpha value is -1.09. The summed E-state index contributed by atoms with van der Waals surface area (Å²) in [6, 6.07) is 3.00. The van der Waals surface area contributed by atoms with Crippen LogP contribution in [0.2, 0.25) is 0 Å². The summed E-state index contributed by atoms with van der Waals surface area (Å²) in [7, 11) is 0. The minimum absolute atomic E-state index is 0.744. The molecule has 0 bridgehead atoms. The number of aromatic nitrogens is 1. The molecule has 0 radical (unpaired) electrons. The molecule has 21 heavy (non-hydrogen) atoms. The van der Waals surface area contributed by atoms with E-state index in [0.29, 0.717) is 0 Å². The molecule has 3 heteroatoms. The van der Waals surface area contributed by atoms with E-state index in [4.69, 9.17) is 0 Å². The molecule has 1 aromatic rings. The lowest BCUT2D eigenvalue weighted by molar-refractivity contribution is 0.485. The molecule has 0 unspecified atom stereocenters. The molecule has 1 N–H and O–H groups in total. The van der Waals surface area contributed by atoms with Gasteiger partial charge >= 0.3 is 0 Å². The van der Waals surface area contributed by atoms with Crippen LogP contribution in [0.3, 0.4) is 0 Å². The van der Waals surface area contributed by atoms with Gasteiger partial charge in [0.1, 0.15) is 0 Å². The minimum atomic E-state index is 0.744. The van der Waals surface area contributed by atoms with E-state index in [1.807, 2.05) is 0 Å². The van der Waals surface area contributed by atoms with Crippen molar-refractivity contribution in [1.29, 1.82) is 0 Å². The summed E-state index contributed by atoms with van der Waals surface area (Å²) < 4.78 is 0. The third-order valence-electron chi connectivity index (χ3n) is 4.61. The monoisotopic (exact) mass is 289 g/mol. The minimum Gasteiger partial charge on any atom is -0.371 e. The van der Waals surface area contributed by atoms with Crippen LogP contribution in [0.15, 0.2) is 12.3 Å². The maximum Gasteiger partial charge on any atom is 0.0445 e. The first-order valence-electron chi connectivity index (χ1n) is 8.61. The van der Waals surface area contributed by atoms with Crippen molar-refractivity contribution in [2.24, 2.45) is 5.92 Å². The Morgan fingerprint density at radius 2 is 2.00 bits per heavy atom. The van der Waals surface area contributed by atoms with Gasteiger partial charge in [0, 0.05) is 48.8 Å². The highest BCUT2D eigenvalue weighted by Gasteiger charge is 2.21. The fourth-order valence-electron chi connectivity index (χ4n) is 2.80. The van der Waals surface area contributed by atoms with Gasteiger partial charge in [-0.05, 0) is 38.7 Å². The SMILES string of the molecule is CCC(CC)CN(CC)c1cc(C)ncc1CNC1CC1. The summed E-state index contributed by atoms with van der Waals surface area (Å²) in [6.07, 6.45) is 7.24. The van der Waals surface area contributed by atoms with E-state index in [0.717, 1.165) is 37.3 Å². The van der Waals surface area contributed by atoms with Crippen LogP contribution in [-0.2, 0) is 6.54 Å². The van der Waals surface area contributed by atoms with Gasteiger partial charge in [0.25, 0.3) is 0 Å². The van der Waals surface area contributed by atoms with Gasteiger partial charge in [-0.25, -0.2) is 0 Å². The standard InChI is InChI=1S/C18H31N3/c1-5-15(6-2)13-21(7-3)18-10-14(4)19-11-16(18)12-20-17-8-9-17/h10-11,15,17,20H,5-9,12-13H2,1-4H3. The molecule has 0 saturated heterocycles. The number of aryl methyl sites for hydroxylation is 1. The number of hydrogen-bond donors (Lipinski definition) is 1. The summed E-state index contributed by atoms with van der Waals surface area (Å²) in [5.74, 6) is 0.780. The highest BCUT2D eigenvalue weighted by Crippen LogP contribution is 2.25. The first kappa shape index (κ1) is 16.3. The molecular formula is C18H31N3. The van der Waals surface area contributed by atoms with Crippen LogP contribution in [0, 0.1) is 12.8 Å². The smallest absolute Gasteiger partial charge is 0.0445 e. The number of nitrogens with zero attached hydrogens (tertiary/aromatic N) is 2. The van der Waals surface area contributed by atoms with Crippen LogP contribution in [0.4, 0.5) is 5.69 Å². The van der Waals surface area contributed by atoms with Gasteiger partial charge < -0.3 is 10.2 Å². The maximum absolute atomic E-state index is 4.51. The van der Waals surface area contributed by atoms with E-state index in [-0.39, 0.29) is 0 Å². The lowest BCUT2D eigenvalue weighted by Crippen LogP contribution is -2.31. The Bertz CT molecular complexity index is 436. The normalized spacial score (nSPS) is 14.7. The summed E-state index contributed by atoms with van der Waals surface area (Å²) in [5.41, 5.74) is 3.84. The maximum atomic E-state index is 4.51. The van der Waals surface area contributed by atoms with Crippen molar-refractivity contribution in [3.8, 4) is 0 Å². The first-order valence-corrected chi connectivity index (χ1v) is 8.61. The third-order valence-corrected chi connectivity index (χ3v) is 4.61. The molecule has 1 aliphatic rings. The Labute approximate surface area is 130 Å². The fraction of sp³-hybridized carbons (Fsp3) is 0.722. The van der Waals surface area contributed by atoms with Crippen LogP contribution in [-0.4, -0.2) is 24.1 Å². The van der Waals surface area contributed by atoms with Crippen molar-refractivity contribution in [2.45, 2.75) is 66.0 Å². The predicted molar refractivity (Wildman–Crippen MR) is 90.8 cm³/mol. The molecule has 1 aromatic heterocycles. The third kappa shape index (κ3) is 4.70. The number of anilines is 1. The quantitative estimate of drug-likeness (QED) is 0.747. The number of hydrogen-bond acceptors (Lipinski definition) is 3. The molecule has 1 fully saturated rings. The molecule has 0 aliphatic heterocycles. The second-order valence-corrected chi connectivity index (χ2v) is 6.33. The summed E-state index contributed by atoms with van der Waals surface area (Å²) in [6.45, 7) is 12.1. The zero-order chi connectivity index (χ0) is 15.2. The molecule has 0 amide bonds.